The van der Waals surface area contributed by atoms with Crippen molar-refractivity contribution in [3.05, 3.63) is 75.8 Å². The maximum atomic E-state index is 6.53. The number of anilines is 1. The Morgan fingerprint density at radius 1 is 1.14 bits per heavy atom. The number of fused-ring (bicyclic) bond motifs is 3. The largest absolute Gasteiger partial charge is 0.377 e. The minimum atomic E-state index is 0.351. The normalized spacial score (nSPS) is 25.5. The summed E-state index contributed by atoms with van der Waals surface area (Å²) in [7, 11) is 0. The van der Waals surface area contributed by atoms with E-state index < -0.39 is 0 Å². The van der Waals surface area contributed by atoms with Crippen LogP contribution >= 0.6 is 11.6 Å². The predicted molar refractivity (Wildman–Crippen MR) is 93.7 cm³/mol. The number of halogens is 1. The van der Waals surface area contributed by atoms with Gasteiger partial charge in [-0.2, -0.15) is 0 Å². The fraction of sp³-hybridized carbons (Fsp3) is 0.300. The van der Waals surface area contributed by atoms with Crippen molar-refractivity contribution in [1.29, 1.82) is 0 Å². The van der Waals surface area contributed by atoms with E-state index in [1.165, 1.54) is 27.9 Å². The van der Waals surface area contributed by atoms with Crippen molar-refractivity contribution < 1.29 is 0 Å². The minimum Gasteiger partial charge on any atom is -0.377 e. The van der Waals surface area contributed by atoms with Gasteiger partial charge in [0.1, 0.15) is 0 Å². The van der Waals surface area contributed by atoms with Crippen molar-refractivity contribution in [3.8, 4) is 0 Å². The lowest BCUT2D eigenvalue weighted by Gasteiger charge is -2.39. The summed E-state index contributed by atoms with van der Waals surface area (Å²) in [5, 5.41) is 4.68. The van der Waals surface area contributed by atoms with Gasteiger partial charge >= 0.3 is 0 Å². The highest BCUT2D eigenvalue weighted by Crippen LogP contribution is 2.52. The molecular formula is C20H20ClN. The van der Waals surface area contributed by atoms with E-state index in [1.807, 2.05) is 6.07 Å². The first-order chi connectivity index (χ1) is 10.6. The second kappa shape index (κ2) is 5.17. The maximum absolute atomic E-state index is 6.53. The van der Waals surface area contributed by atoms with Gasteiger partial charge in [-0.1, -0.05) is 59.6 Å². The van der Waals surface area contributed by atoms with Crippen molar-refractivity contribution in [3.63, 3.8) is 0 Å². The van der Waals surface area contributed by atoms with Crippen LogP contribution in [0.5, 0.6) is 0 Å². The van der Waals surface area contributed by atoms with Crippen molar-refractivity contribution in [2.75, 3.05) is 5.32 Å². The average Bonchev–Trinajstić information content (AvgIpc) is 2.99. The number of rotatable bonds is 1. The van der Waals surface area contributed by atoms with Gasteiger partial charge in [0.25, 0.3) is 0 Å². The zero-order chi connectivity index (χ0) is 15.3. The first-order valence-corrected chi connectivity index (χ1v) is 8.31. The SMILES string of the molecule is Cc1cccc(C2Nc3c(C)ccc(Cl)c3C3C=CCC32)c1. The number of benzene rings is 2. The van der Waals surface area contributed by atoms with Crippen LogP contribution in [0.25, 0.3) is 0 Å². The molecule has 0 saturated carbocycles. The molecule has 0 aromatic heterocycles. The van der Waals surface area contributed by atoms with Crippen LogP contribution in [0.3, 0.4) is 0 Å². The predicted octanol–water partition coefficient (Wildman–Crippen LogP) is 5.78. The van der Waals surface area contributed by atoms with E-state index in [1.54, 1.807) is 0 Å². The van der Waals surface area contributed by atoms with Crippen LogP contribution in [0.2, 0.25) is 5.02 Å². The van der Waals surface area contributed by atoms with Crippen molar-refractivity contribution in [2.24, 2.45) is 5.92 Å². The molecule has 3 unspecified atom stereocenters. The molecule has 2 aliphatic rings. The average molecular weight is 310 g/mol. The van der Waals surface area contributed by atoms with E-state index in [4.69, 9.17) is 11.6 Å². The Morgan fingerprint density at radius 3 is 2.82 bits per heavy atom. The number of hydrogen-bond donors (Lipinski definition) is 1. The third-order valence-electron chi connectivity index (χ3n) is 5.08. The molecule has 2 aromatic rings. The van der Waals surface area contributed by atoms with E-state index in [2.05, 4.69) is 61.6 Å². The van der Waals surface area contributed by atoms with Crippen LogP contribution in [-0.4, -0.2) is 0 Å². The highest BCUT2D eigenvalue weighted by Gasteiger charge is 2.39. The zero-order valence-electron chi connectivity index (χ0n) is 12.9. The Morgan fingerprint density at radius 2 is 2.00 bits per heavy atom. The third kappa shape index (κ3) is 2.07. The molecule has 1 aliphatic heterocycles. The van der Waals surface area contributed by atoms with Crippen LogP contribution < -0.4 is 5.32 Å². The van der Waals surface area contributed by atoms with Gasteiger partial charge in [-0.15, -0.1) is 0 Å². The molecule has 22 heavy (non-hydrogen) atoms. The minimum absolute atomic E-state index is 0.351. The molecule has 1 aliphatic carbocycles. The van der Waals surface area contributed by atoms with Gasteiger partial charge < -0.3 is 5.32 Å². The number of hydrogen-bond acceptors (Lipinski definition) is 1. The highest BCUT2D eigenvalue weighted by atomic mass is 35.5. The molecule has 3 atom stereocenters. The van der Waals surface area contributed by atoms with Gasteiger partial charge in [0.15, 0.2) is 0 Å². The van der Waals surface area contributed by atoms with Crippen LogP contribution in [-0.2, 0) is 0 Å². The first kappa shape index (κ1) is 13.9. The van der Waals surface area contributed by atoms with Crippen molar-refractivity contribution >= 4 is 17.3 Å². The van der Waals surface area contributed by atoms with E-state index in [0.29, 0.717) is 17.9 Å². The second-order valence-electron chi connectivity index (χ2n) is 6.54. The molecule has 0 bridgehead atoms. The molecule has 0 radical (unpaired) electrons. The topological polar surface area (TPSA) is 12.0 Å². The Balaban J connectivity index is 1.86. The molecule has 0 fully saturated rings. The smallest absolute Gasteiger partial charge is 0.0554 e. The summed E-state index contributed by atoms with van der Waals surface area (Å²) in [6, 6.07) is 13.4. The summed E-state index contributed by atoms with van der Waals surface area (Å²) in [5.74, 6) is 0.975. The lowest BCUT2D eigenvalue weighted by Crippen LogP contribution is -2.29. The first-order valence-electron chi connectivity index (χ1n) is 7.94. The van der Waals surface area contributed by atoms with E-state index in [-0.39, 0.29) is 0 Å². The third-order valence-corrected chi connectivity index (χ3v) is 5.41. The van der Waals surface area contributed by atoms with Crippen LogP contribution in [0, 0.1) is 19.8 Å². The molecular weight excluding hydrogens is 290 g/mol. The van der Waals surface area contributed by atoms with Gasteiger partial charge in [-0.05, 0) is 43.4 Å². The van der Waals surface area contributed by atoms with Gasteiger partial charge in [-0.25, -0.2) is 0 Å². The molecule has 1 N–H and O–H groups in total. The Hall–Kier alpha value is -1.73. The van der Waals surface area contributed by atoms with Gasteiger partial charge in [0.05, 0.1) is 6.04 Å². The van der Waals surface area contributed by atoms with Crippen LogP contribution in [0.15, 0.2) is 48.6 Å². The summed E-state index contributed by atoms with van der Waals surface area (Å²) in [6.07, 6.45) is 5.77. The lowest BCUT2D eigenvalue weighted by atomic mass is 9.76. The van der Waals surface area contributed by atoms with E-state index >= 15 is 0 Å². The molecule has 112 valence electrons. The van der Waals surface area contributed by atoms with Gasteiger partial charge in [-0.3, -0.25) is 0 Å². The molecule has 4 rings (SSSR count). The monoisotopic (exact) mass is 309 g/mol. The fourth-order valence-corrected chi connectivity index (χ4v) is 4.29. The van der Waals surface area contributed by atoms with Crippen LogP contribution in [0.1, 0.15) is 40.6 Å². The molecule has 0 saturated heterocycles. The summed E-state index contributed by atoms with van der Waals surface area (Å²) in [4.78, 5) is 0. The van der Waals surface area contributed by atoms with Gasteiger partial charge in [0.2, 0.25) is 0 Å². The molecule has 2 heteroatoms. The quantitative estimate of drug-likeness (QED) is 0.658. The Labute approximate surface area is 137 Å². The van der Waals surface area contributed by atoms with Crippen LogP contribution in [0.4, 0.5) is 5.69 Å². The maximum Gasteiger partial charge on any atom is 0.0554 e. The Bertz CT molecular complexity index is 762. The summed E-state index contributed by atoms with van der Waals surface area (Å²) in [6.45, 7) is 4.32. The molecule has 1 nitrogen and oxygen atoms in total. The number of aryl methyl sites for hydroxylation is 2. The summed E-state index contributed by atoms with van der Waals surface area (Å²) in [5.41, 5.74) is 6.48. The second-order valence-corrected chi connectivity index (χ2v) is 6.95. The standard InChI is InChI=1S/C20H20ClN/c1-12-5-3-6-14(11-12)20-16-8-4-7-15(16)18-17(21)10-9-13(2)19(18)22-20/h3-7,9-11,15-16,20,22H,8H2,1-2H3. The van der Waals surface area contributed by atoms with Crippen molar-refractivity contribution in [1.82, 2.24) is 0 Å². The van der Waals surface area contributed by atoms with Gasteiger partial charge in [0, 0.05) is 22.2 Å². The van der Waals surface area contributed by atoms with Crippen molar-refractivity contribution in [2.45, 2.75) is 32.2 Å². The fourth-order valence-electron chi connectivity index (χ4n) is 4.00. The zero-order valence-corrected chi connectivity index (χ0v) is 13.7. The molecule has 0 amide bonds. The number of allylic oxidation sites excluding steroid dienone is 2. The van der Waals surface area contributed by atoms with E-state index in [0.717, 1.165) is 11.4 Å². The highest BCUT2D eigenvalue weighted by molar-refractivity contribution is 6.32. The molecule has 0 spiro atoms. The molecule has 2 aromatic carbocycles. The summed E-state index contributed by atoms with van der Waals surface area (Å²) < 4.78 is 0. The Kier molecular flexibility index (Phi) is 3.27. The molecule has 1 heterocycles. The lowest BCUT2D eigenvalue weighted by molar-refractivity contribution is 0.425. The van der Waals surface area contributed by atoms with E-state index in [9.17, 15) is 0 Å². The summed E-state index contributed by atoms with van der Waals surface area (Å²) >= 11 is 6.53. The number of nitrogens with one attached hydrogen (secondary N) is 1.